The second kappa shape index (κ2) is 5.93. The predicted octanol–water partition coefficient (Wildman–Crippen LogP) is 1.36. The SMILES string of the molecule is CS(=O)(=O)C1CCCC(OC(=O)c2ccc(N)cc2N)C1. The normalized spacial score (nSPS) is 22.7. The lowest BCUT2D eigenvalue weighted by molar-refractivity contribution is 0.0216. The first kappa shape index (κ1) is 15.6. The minimum absolute atomic E-state index is 0.255. The monoisotopic (exact) mass is 312 g/mol. The highest BCUT2D eigenvalue weighted by Gasteiger charge is 2.31. The summed E-state index contributed by atoms with van der Waals surface area (Å²) >= 11 is 0. The molecule has 6 nitrogen and oxygen atoms in total. The number of nitrogens with two attached hydrogens (primary N) is 2. The van der Waals surface area contributed by atoms with Gasteiger partial charge in [0.2, 0.25) is 0 Å². The smallest absolute Gasteiger partial charge is 0.340 e. The number of anilines is 2. The molecule has 0 amide bonds. The topological polar surface area (TPSA) is 112 Å². The number of esters is 1. The van der Waals surface area contributed by atoms with Crippen LogP contribution >= 0.6 is 0 Å². The minimum Gasteiger partial charge on any atom is -0.459 e. The van der Waals surface area contributed by atoms with E-state index in [0.717, 1.165) is 6.42 Å². The van der Waals surface area contributed by atoms with Gasteiger partial charge in [-0.1, -0.05) is 0 Å². The van der Waals surface area contributed by atoms with Gasteiger partial charge < -0.3 is 16.2 Å². The molecule has 1 fully saturated rings. The zero-order chi connectivity index (χ0) is 15.6. The van der Waals surface area contributed by atoms with Crippen molar-refractivity contribution in [2.75, 3.05) is 17.7 Å². The van der Waals surface area contributed by atoms with Gasteiger partial charge in [-0.3, -0.25) is 0 Å². The summed E-state index contributed by atoms with van der Waals surface area (Å²) in [5.74, 6) is -0.536. The number of benzene rings is 1. The van der Waals surface area contributed by atoms with Crippen molar-refractivity contribution in [1.82, 2.24) is 0 Å². The summed E-state index contributed by atoms with van der Waals surface area (Å²) in [7, 11) is -3.11. The van der Waals surface area contributed by atoms with Crippen LogP contribution in [-0.2, 0) is 14.6 Å². The van der Waals surface area contributed by atoms with Gasteiger partial charge in [-0.25, -0.2) is 13.2 Å². The molecule has 1 aromatic rings. The van der Waals surface area contributed by atoms with Gasteiger partial charge in [0, 0.05) is 24.1 Å². The van der Waals surface area contributed by atoms with Crippen molar-refractivity contribution < 1.29 is 17.9 Å². The van der Waals surface area contributed by atoms with E-state index >= 15 is 0 Å². The van der Waals surface area contributed by atoms with Crippen LogP contribution < -0.4 is 11.5 Å². The van der Waals surface area contributed by atoms with Crippen LogP contribution in [-0.4, -0.2) is 32.0 Å². The van der Waals surface area contributed by atoms with Crippen molar-refractivity contribution in [2.45, 2.75) is 37.0 Å². The Balaban J connectivity index is 2.05. The van der Waals surface area contributed by atoms with E-state index in [0.29, 0.717) is 24.9 Å². The van der Waals surface area contributed by atoms with Gasteiger partial charge >= 0.3 is 5.97 Å². The number of nitrogen functional groups attached to an aromatic ring is 2. The molecule has 0 spiro atoms. The van der Waals surface area contributed by atoms with Crippen molar-refractivity contribution >= 4 is 27.2 Å². The van der Waals surface area contributed by atoms with Crippen LogP contribution in [0.3, 0.4) is 0 Å². The fraction of sp³-hybridized carbons (Fsp3) is 0.500. The molecule has 21 heavy (non-hydrogen) atoms. The second-order valence-electron chi connectivity index (χ2n) is 5.49. The molecule has 0 heterocycles. The summed E-state index contributed by atoms with van der Waals surface area (Å²) in [6.45, 7) is 0. The van der Waals surface area contributed by atoms with Gasteiger partial charge in [0.1, 0.15) is 15.9 Å². The summed E-state index contributed by atoms with van der Waals surface area (Å²) in [6, 6.07) is 4.59. The van der Waals surface area contributed by atoms with E-state index < -0.39 is 21.1 Å². The number of hydrogen-bond acceptors (Lipinski definition) is 6. The molecular formula is C14H20N2O4S. The predicted molar refractivity (Wildman–Crippen MR) is 81.6 cm³/mol. The van der Waals surface area contributed by atoms with Gasteiger partial charge in [-0.15, -0.1) is 0 Å². The summed E-state index contributed by atoms with van der Waals surface area (Å²) < 4.78 is 28.6. The highest BCUT2D eigenvalue weighted by molar-refractivity contribution is 7.91. The molecular weight excluding hydrogens is 292 g/mol. The molecule has 116 valence electrons. The minimum atomic E-state index is -3.11. The Morgan fingerprint density at radius 2 is 2.00 bits per heavy atom. The number of ether oxygens (including phenoxy) is 1. The van der Waals surface area contributed by atoms with Crippen LogP contribution in [0.1, 0.15) is 36.0 Å². The van der Waals surface area contributed by atoms with Gasteiger partial charge in [0.15, 0.2) is 0 Å². The van der Waals surface area contributed by atoms with E-state index in [1.54, 1.807) is 6.07 Å². The number of carbonyl (C=O) groups is 1. The maximum absolute atomic E-state index is 12.1. The van der Waals surface area contributed by atoms with Crippen LogP contribution in [0.4, 0.5) is 11.4 Å². The van der Waals surface area contributed by atoms with Gasteiger partial charge in [-0.2, -0.15) is 0 Å². The second-order valence-corrected chi connectivity index (χ2v) is 7.82. The molecule has 7 heteroatoms. The standard InChI is InChI=1S/C14H20N2O4S/c1-21(18,19)11-4-2-3-10(8-11)20-14(17)12-6-5-9(15)7-13(12)16/h5-7,10-11H,2-4,8,15-16H2,1H3. The maximum Gasteiger partial charge on any atom is 0.340 e. The third-order valence-corrected chi connectivity index (χ3v) is 5.39. The fourth-order valence-corrected chi connectivity index (χ4v) is 3.74. The highest BCUT2D eigenvalue weighted by atomic mass is 32.2. The molecule has 4 N–H and O–H groups in total. The third-order valence-electron chi connectivity index (χ3n) is 3.75. The largest absolute Gasteiger partial charge is 0.459 e. The Morgan fingerprint density at radius 1 is 1.29 bits per heavy atom. The quantitative estimate of drug-likeness (QED) is 0.643. The summed E-state index contributed by atoms with van der Waals surface area (Å²) in [5.41, 5.74) is 12.3. The van der Waals surface area contributed by atoms with Crippen molar-refractivity contribution in [2.24, 2.45) is 0 Å². The Bertz CT molecular complexity index is 642. The van der Waals surface area contributed by atoms with E-state index in [1.165, 1.54) is 18.4 Å². The Morgan fingerprint density at radius 3 is 2.62 bits per heavy atom. The van der Waals surface area contributed by atoms with E-state index in [1.807, 2.05) is 0 Å². The number of hydrogen-bond donors (Lipinski definition) is 2. The lowest BCUT2D eigenvalue weighted by atomic mass is 9.97. The summed E-state index contributed by atoms with van der Waals surface area (Å²) in [5, 5.41) is -0.437. The molecule has 2 rings (SSSR count). The molecule has 0 saturated heterocycles. The Kier molecular flexibility index (Phi) is 4.41. The van der Waals surface area contributed by atoms with Crippen molar-refractivity contribution in [3.8, 4) is 0 Å². The number of rotatable bonds is 3. The number of carbonyl (C=O) groups excluding carboxylic acids is 1. The van der Waals surface area contributed by atoms with Crippen LogP contribution in [0, 0.1) is 0 Å². The molecule has 2 atom stereocenters. The van der Waals surface area contributed by atoms with Crippen molar-refractivity contribution in [1.29, 1.82) is 0 Å². The average Bonchev–Trinajstić information content (AvgIpc) is 2.37. The zero-order valence-electron chi connectivity index (χ0n) is 11.9. The lowest BCUT2D eigenvalue weighted by Crippen LogP contribution is -2.33. The Hall–Kier alpha value is -1.76. The fourth-order valence-electron chi connectivity index (χ4n) is 2.58. The van der Waals surface area contributed by atoms with Crippen LogP contribution in [0.25, 0.3) is 0 Å². The number of sulfone groups is 1. The van der Waals surface area contributed by atoms with E-state index in [4.69, 9.17) is 16.2 Å². The van der Waals surface area contributed by atoms with Gasteiger partial charge in [0.25, 0.3) is 0 Å². The lowest BCUT2D eigenvalue weighted by Gasteiger charge is -2.27. The summed E-state index contributed by atoms with van der Waals surface area (Å²) in [6.07, 6.45) is 3.21. The van der Waals surface area contributed by atoms with Crippen LogP contribution in [0.15, 0.2) is 18.2 Å². The molecule has 2 unspecified atom stereocenters. The third kappa shape index (κ3) is 3.87. The molecule has 0 aromatic heterocycles. The van der Waals surface area contributed by atoms with Gasteiger partial charge in [-0.05, 0) is 37.5 Å². The molecule has 1 aliphatic rings. The van der Waals surface area contributed by atoms with Crippen LogP contribution in [0.5, 0.6) is 0 Å². The molecule has 1 aromatic carbocycles. The van der Waals surface area contributed by atoms with Crippen LogP contribution in [0.2, 0.25) is 0 Å². The first-order valence-corrected chi connectivity index (χ1v) is 8.77. The summed E-state index contributed by atoms with van der Waals surface area (Å²) in [4.78, 5) is 12.1. The molecule has 1 aliphatic carbocycles. The highest BCUT2D eigenvalue weighted by Crippen LogP contribution is 2.27. The van der Waals surface area contributed by atoms with E-state index in [-0.39, 0.29) is 17.4 Å². The maximum atomic E-state index is 12.1. The molecule has 0 aliphatic heterocycles. The van der Waals surface area contributed by atoms with Crippen molar-refractivity contribution in [3.63, 3.8) is 0 Å². The molecule has 1 saturated carbocycles. The average molecular weight is 312 g/mol. The zero-order valence-corrected chi connectivity index (χ0v) is 12.7. The first-order chi connectivity index (χ1) is 9.77. The Labute approximate surface area is 124 Å². The molecule has 0 radical (unpaired) electrons. The van der Waals surface area contributed by atoms with E-state index in [2.05, 4.69) is 0 Å². The van der Waals surface area contributed by atoms with Gasteiger partial charge in [0.05, 0.1) is 10.8 Å². The van der Waals surface area contributed by atoms with Crippen molar-refractivity contribution in [3.05, 3.63) is 23.8 Å². The molecule has 0 bridgehead atoms. The van der Waals surface area contributed by atoms with E-state index in [9.17, 15) is 13.2 Å². The first-order valence-electron chi connectivity index (χ1n) is 6.82.